The molecule has 40 heavy (non-hydrogen) atoms. The van der Waals surface area contributed by atoms with Crippen LogP contribution >= 0.6 is 0 Å². The Labute approximate surface area is 230 Å². The summed E-state index contributed by atoms with van der Waals surface area (Å²) < 4.78 is 4.45. The zero-order valence-corrected chi connectivity index (χ0v) is 22.4. The van der Waals surface area contributed by atoms with Gasteiger partial charge in [0.2, 0.25) is 0 Å². The Bertz CT molecular complexity index is 1750. The minimum atomic E-state index is -1.06. The van der Waals surface area contributed by atoms with Crippen LogP contribution < -0.4 is 11.0 Å². The highest BCUT2D eigenvalue weighted by atomic mass is 16.4. The number of fused-ring (bicyclic) bond motifs is 1. The lowest BCUT2D eigenvalue weighted by Crippen LogP contribution is -2.41. The molecule has 1 unspecified atom stereocenters. The van der Waals surface area contributed by atoms with Crippen LogP contribution in [-0.2, 0) is 24.9 Å². The summed E-state index contributed by atoms with van der Waals surface area (Å²) in [5.74, 6) is -1.63. The molecule has 2 aromatic heterocycles. The van der Waals surface area contributed by atoms with E-state index in [0.717, 1.165) is 26.7 Å². The number of carbonyl (C=O) groups is 1. The van der Waals surface area contributed by atoms with Gasteiger partial charge in [0.15, 0.2) is 17.3 Å². The van der Waals surface area contributed by atoms with E-state index < -0.39 is 23.5 Å². The smallest absolute Gasteiger partial charge is 0.352 e. The second-order valence-electron chi connectivity index (χ2n) is 10.1. The number of carboxylic acids is 1. The number of carboxylic acid groups (broad SMARTS) is 1. The first kappa shape index (κ1) is 26.8. The highest BCUT2D eigenvalue weighted by molar-refractivity contribution is 5.83. The summed E-state index contributed by atoms with van der Waals surface area (Å²) in [7, 11) is 1.93. The minimum absolute atomic E-state index is 0.0316. The van der Waals surface area contributed by atoms with E-state index in [1.54, 1.807) is 12.1 Å². The molecule has 5 rings (SSSR count). The molecule has 2 heterocycles. The molecule has 10 heteroatoms. The first-order valence-corrected chi connectivity index (χ1v) is 13.0. The molecule has 1 atom stereocenters. The number of hydrogen-bond acceptors (Lipinski definition) is 6. The largest absolute Gasteiger partial charge is 0.504 e. The van der Waals surface area contributed by atoms with E-state index in [1.165, 1.54) is 10.6 Å². The Morgan fingerprint density at radius 2 is 1.77 bits per heavy atom. The number of aromatic hydroxyl groups is 2. The van der Waals surface area contributed by atoms with Crippen molar-refractivity contribution in [2.75, 3.05) is 0 Å². The molecule has 206 valence electrons. The van der Waals surface area contributed by atoms with Crippen molar-refractivity contribution in [3.63, 3.8) is 0 Å². The van der Waals surface area contributed by atoms with Gasteiger partial charge < -0.3 is 19.9 Å². The number of rotatable bonds is 9. The second-order valence-corrected chi connectivity index (χ2v) is 10.1. The Morgan fingerprint density at radius 1 is 1.02 bits per heavy atom. The summed E-state index contributed by atoms with van der Waals surface area (Å²) in [5.41, 5.74) is 2.73. The number of aryl methyl sites for hydroxylation is 1. The van der Waals surface area contributed by atoms with E-state index in [4.69, 9.17) is 0 Å². The van der Waals surface area contributed by atoms with Crippen molar-refractivity contribution in [2.45, 2.75) is 38.9 Å². The molecule has 0 bridgehead atoms. The van der Waals surface area contributed by atoms with Gasteiger partial charge in [-0.2, -0.15) is 4.68 Å². The van der Waals surface area contributed by atoms with Crippen molar-refractivity contribution in [3.05, 3.63) is 94.5 Å². The Kier molecular flexibility index (Phi) is 7.19. The fourth-order valence-electron chi connectivity index (χ4n) is 4.76. The second kappa shape index (κ2) is 10.7. The van der Waals surface area contributed by atoms with Gasteiger partial charge in [-0.05, 0) is 59.9 Å². The molecular formula is C30H31N5O5. The van der Waals surface area contributed by atoms with Crippen LogP contribution in [0.1, 0.15) is 30.9 Å². The van der Waals surface area contributed by atoms with Gasteiger partial charge in [-0.1, -0.05) is 44.2 Å². The number of phenols is 2. The maximum Gasteiger partial charge on any atom is 0.352 e. The molecule has 0 fully saturated rings. The van der Waals surface area contributed by atoms with Crippen molar-refractivity contribution in [3.8, 4) is 28.6 Å². The van der Waals surface area contributed by atoms with Gasteiger partial charge in [0.25, 0.3) is 0 Å². The summed E-state index contributed by atoms with van der Waals surface area (Å²) in [5, 5.41) is 39.5. The van der Waals surface area contributed by atoms with Gasteiger partial charge in [0, 0.05) is 24.1 Å². The molecule has 0 aliphatic heterocycles. The molecule has 0 aliphatic rings. The molecule has 0 saturated heterocycles. The molecule has 0 saturated carbocycles. The van der Waals surface area contributed by atoms with Gasteiger partial charge in [0.05, 0.1) is 17.9 Å². The molecule has 5 aromatic rings. The van der Waals surface area contributed by atoms with Crippen molar-refractivity contribution in [2.24, 2.45) is 7.05 Å². The predicted octanol–water partition coefficient (Wildman–Crippen LogP) is 3.97. The van der Waals surface area contributed by atoms with Crippen LogP contribution in [0.2, 0.25) is 0 Å². The number of aliphatic carboxylic acids is 1. The summed E-state index contributed by atoms with van der Waals surface area (Å²) in [6, 6.07) is 18.9. The number of nitrogens with one attached hydrogen (secondary N) is 1. The maximum atomic E-state index is 13.8. The molecule has 4 N–H and O–H groups in total. The monoisotopic (exact) mass is 541 g/mol. The summed E-state index contributed by atoms with van der Waals surface area (Å²) in [6.07, 6.45) is 2.13. The molecule has 0 aliphatic carbocycles. The normalized spacial score (nSPS) is 12.3. The van der Waals surface area contributed by atoms with Crippen LogP contribution in [0.4, 0.5) is 0 Å². The SMILES string of the molecule is CC(C)c1cc(O)c(O)c(-c2nn(CNC(Cc3ccccc3)C(=O)O)c(=O)n2-c2ccc3c(ccn3C)c2)c1. The van der Waals surface area contributed by atoms with Crippen LogP contribution in [0.25, 0.3) is 28.0 Å². The molecule has 0 amide bonds. The van der Waals surface area contributed by atoms with Gasteiger partial charge in [-0.15, -0.1) is 5.10 Å². The third-order valence-electron chi connectivity index (χ3n) is 7.05. The molecular weight excluding hydrogens is 510 g/mol. The van der Waals surface area contributed by atoms with Crippen LogP contribution in [-0.4, -0.2) is 46.2 Å². The maximum absolute atomic E-state index is 13.8. The van der Waals surface area contributed by atoms with E-state index in [0.29, 0.717) is 5.69 Å². The van der Waals surface area contributed by atoms with Crippen molar-refractivity contribution in [1.29, 1.82) is 0 Å². The highest BCUT2D eigenvalue weighted by Gasteiger charge is 2.24. The summed E-state index contributed by atoms with van der Waals surface area (Å²) >= 11 is 0. The first-order valence-electron chi connectivity index (χ1n) is 13.0. The fourth-order valence-corrected chi connectivity index (χ4v) is 4.76. The van der Waals surface area contributed by atoms with Gasteiger partial charge in [-0.3, -0.25) is 10.1 Å². The van der Waals surface area contributed by atoms with Crippen LogP contribution in [0.5, 0.6) is 11.5 Å². The third-order valence-corrected chi connectivity index (χ3v) is 7.05. The lowest BCUT2D eigenvalue weighted by molar-refractivity contribution is -0.139. The quantitative estimate of drug-likeness (QED) is 0.207. The molecule has 3 aromatic carbocycles. The Hall–Kier alpha value is -4.83. The average molecular weight is 542 g/mol. The number of nitrogens with zero attached hydrogens (tertiary/aromatic N) is 4. The number of hydrogen-bond donors (Lipinski definition) is 4. The fraction of sp³-hybridized carbons (Fsp3) is 0.233. The number of aromatic nitrogens is 4. The van der Waals surface area contributed by atoms with Crippen molar-refractivity contribution in [1.82, 2.24) is 24.2 Å². The molecule has 0 spiro atoms. The Balaban J connectivity index is 1.61. The number of phenolic OH excluding ortho intramolecular Hbond substituents is 2. The van der Waals surface area contributed by atoms with Gasteiger partial charge >= 0.3 is 11.7 Å². The van der Waals surface area contributed by atoms with Crippen LogP contribution in [0.15, 0.2) is 77.7 Å². The average Bonchev–Trinajstić information content (AvgIpc) is 3.46. The van der Waals surface area contributed by atoms with E-state index in [2.05, 4.69) is 10.4 Å². The first-order chi connectivity index (χ1) is 19.1. The summed E-state index contributed by atoms with van der Waals surface area (Å²) in [6.45, 7) is 3.72. The zero-order chi connectivity index (χ0) is 28.6. The van der Waals surface area contributed by atoms with E-state index >= 15 is 0 Å². The highest BCUT2D eigenvalue weighted by Crippen LogP contribution is 2.39. The zero-order valence-electron chi connectivity index (χ0n) is 22.4. The van der Waals surface area contributed by atoms with E-state index in [9.17, 15) is 24.9 Å². The third kappa shape index (κ3) is 5.08. The topological polar surface area (TPSA) is 135 Å². The van der Waals surface area contributed by atoms with Crippen LogP contribution in [0.3, 0.4) is 0 Å². The van der Waals surface area contributed by atoms with E-state index in [-0.39, 0.29) is 36.1 Å². The van der Waals surface area contributed by atoms with Crippen molar-refractivity contribution >= 4 is 16.9 Å². The predicted molar refractivity (Wildman–Crippen MR) is 152 cm³/mol. The van der Waals surface area contributed by atoms with Gasteiger partial charge in [-0.25, -0.2) is 9.36 Å². The van der Waals surface area contributed by atoms with Gasteiger partial charge in [0.1, 0.15) is 6.04 Å². The molecule has 10 nitrogen and oxygen atoms in total. The summed E-state index contributed by atoms with van der Waals surface area (Å²) in [4.78, 5) is 25.8. The van der Waals surface area contributed by atoms with E-state index in [1.807, 2.05) is 80.2 Å². The lowest BCUT2D eigenvalue weighted by Gasteiger charge is -2.14. The lowest BCUT2D eigenvalue weighted by atomic mass is 9.99. The standard InChI is InChI=1S/C30H31N5O5/c1-18(2)21-15-23(27(37)26(36)16-21)28-32-34(17-31-24(29(38)39)13-19-7-5-4-6-8-19)30(40)35(28)22-9-10-25-20(14-22)11-12-33(25)3/h4-12,14-16,18,24,31,36-37H,13,17H2,1-3H3,(H,38,39). The van der Waals surface area contributed by atoms with Crippen LogP contribution in [0, 0.1) is 0 Å². The number of benzene rings is 3. The minimum Gasteiger partial charge on any atom is -0.504 e. The van der Waals surface area contributed by atoms with Crippen molar-refractivity contribution < 1.29 is 20.1 Å². The molecule has 0 radical (unpaired) electrons. The Morgan fingerprint density at radius 3 is 2.48 bits per heavy atom.